The molecule has 3 heteroatoms. The van der Waals surface area contributed by atoms with Crippen LogP contribution >= 0.6 is 24.2 Å². The molecule has 0 radical (unpaired) electrons. The molecule has 0 amide bonds. The van der Waals surface area contributed by atoms with Gasteiger partial charge in [-0.15, -0.1) is 0 Å². The van der Waals surface area contributed by atoms with E-state index in [1.807, 2.05) is 0 Å². The summed E-state index contributed by atoms with van der Waals surface area (Å²) in [4.78, 5) is 0. The molecular formula is C2H5ClOS. The molecule has 0 aliphatic rings. The Morgan fingerprint density at radius 3 is 2.40 bits per heavy atom. The highest BCUT2D eigenvalue weighted by molar-refractivity contribution is 7.80. The van der Waals surface area contributed by atoms with E-state index in [4.69, 9.17) is 11.6 Å². The molecule has 0 fully saturated rings. The minimum absolute atomic E-state index is 0.240. The molecule has 0 bridgehead atoms. The van der Waals surface area contributed by atoms with Crippen LogP contribution in [0.15, 0.2) is 0 Å². The number of halogens is 1. The third-order valence-corrected chi connectivity index (χ3v) is 0.505. The molecule has 0 aromatic heterocycles. The first-order valence-electron chi connectivity index (χ1n) is 1.16. The minimum atomic E-state index is 0.240. The van der Waals surface area contributed by atoms with Crippen molar-refractivity contribution in [1.82, 2.24) is 0 Å². The van der Waals surface area contributed by atoms with Crippen molar-refractivity contribution in [2.24, 2.45) is 0 Å². The van der Waals surface area contributed by atoms with E-state index in [1.54, 1.807) is 0 Å². The highest BCUT2D eigenvalue weighted by atomic mass is 35.5. The highest BCUT2D eigenvalue weighted by Gasteiger charge is 1.66. The SMILES string of the molecule is SCOCCl. The second-order valence-corrected chi connectivity index (χ2v) is 0.919. The predicted octanol–water partition coefficient (Wildman–Crippen LogP) is 1.09. The zero-order valence-electron chi connectivity index (χ0n) is 2.65. The number of hydrogen-bond donors (Lipinski definition) is 1. The molecule has 0 saturated heterocycles. The van der Waals surface area contributed by atoms with Gasteiger partial charge in [0.25, 0.3) is 0 Å². The molecule has 0 aliphatic carbocycles. The van der Waals surface area contributed by atoms with E-state index >= 15 is 0 Å². The van der Waals surface area contributed by atoms with Crippen molar-refractivity contribution in [1.29, 1.82) is 0 Å². The zero-order chi connectivity index (χ0) is 4.12. The minimum Gasteiger partial charge on any atom is -0.355 e. The van der Waals surface area contributed by atoms with Crippen molar-refractivity contribution in [2.45, 2.75) is 0 Å². The normalized spacial score (nSPS) is 8.40. The summed E-state index contributed by atoms with van der Waals surface area (Å²) in [5, 5.41) is 0. The number of rotatable bonds is 2. The number of ether oxygens (including phenoxy) is 1. The number of alkyl halides is 1. The van der Waals surface area contributed by atoms with Gasteiger partial charge in [-0.1, -0.05) is 11.6 Å². The van der Waals surface area contributed by atoms with Crippen molar-refractivity contribution in [3.05, 3.63) is 0 Å². The number of hydrogen-bond acceptors (Lipinski definition) is 2. The summed E-state index contributed by atoms with van der Waals surface area (Å²) < 4.78 is 4.46. The van der Waals surface area contributed by atoms with Crippen molar-refractivity contribution < 1.29 is 4.74 Å². The van der Waals surface area contributed by atoms with Crippen LogP contribution < -0.4 is 0 Å². The van der Waals surface area contributed by atoms with Crippen molar-refractivity contribution in [3.8, 4) is 0 Å². The molecule has 0 saturated carbocycles. The molecule has 0 N–H and O–H groups in total. The maximum Gasteiger partial charge on any atom is 0.121 e. The fourth-order valence-corrected chi connectivity index (χ4v) is 0.311. The average Bonchev–Trinajstić information content (AvgIpc) is 1.41. The molecule has 0 aromatic carbocycles. The lowest BCUT2D eigenvalue weighted by molar-refractivity contribution is 0.237. The molecule has 0 spiro atoms. The molecule has 0 unspecified atom stereocenters. The van der Waals surface area contributed by atoms with E-state index in [-0.39, 0.29) is 6.07 Å². The van der Waals surface area contributed by atoms with Gasteiger partial charge in [-0.2, -0.15) is 12.6 Å². The van der Waals surface area contributed by atoms with Crippen molar-refractivity contribution >= 4 is 24.2 Å². The quantitative estimate of drug-likeness (QED) is 0.320. The van der Waals surface area contributed by atoms with E-state index in [0.717, 1.165) is 0 Å². The van der Waals surface area contributed by atoms with Crippen LogP contribution in [0.2, 0.25) is 0 Å². The van der Waals surface area contributed by atoms with Gasteiger partial charge in [-0.3, -0.25) is 0 Å². The maximum atomic E-state index is 5.03. The van der Waals surface area contributed by atoms with Crippen LogP contribution in [0.25, 0.3) is 0 Å². The largest absolute Gasteiger partial charge is 0.355 e. The van der Waals surface area contributed by atoms with E-state index in [0.29, 0.717) is 5.94 Å². The molecule has 0 aromatic rings. The average molecular weight is 113 g/mol. The molecule has 5 heavy (non-hydrogen) atoms. The topological polar surface area (TPSA) is 9.23 Å². The van der Waals surface area contributed by atoms with Gasteiger partial charge in [0.15, 0.2) is 0 Å². The van der Waals surface area contributed by atoms with E-state index < -0.39 is 0 Å². The molecule has 32 valence electrons. The molecule has 0 heterocycles. The molecule has 0 atom stereocenters. The van der Waals surface area contributed by atoms with Crippen molar-refractivity contribution in [3.63, 3.8) is 0 Å². The predicted molar refractivity (Wildman–Crippen MR) is 25.7 cm³/mol. The first-order chi connectivity index (χ1) is 2.41. The Kier molecular flexibility index (Phi) is 5.15. The van der Waals surface area contributed by atoms with Gasteiger partial charge in [0.05, 0.1) is 5.94 Å². The monoisotopic (exact) mass is 112 g/mol. The Morgan fingerprint density at radius 2 is 2.40 bits per heavy atom. The summed E-state index contributed by atoms with van der Waals surface area (Å²) in [6.07, 6.45) is 0. The Bertz CT molecular complexity index is 17.1. The van der Waals surface area contributed by atoms with E-state index in [9.17, 15) is 0 Å². The van der Waals surface area contributed by atoms with Gasteiger partial charge >= 0.3 is 0 Å². The van der Waals surface area contributed by atoms with Crippen LogP contribution in [0.5, 0.6) is 0 Å². The third kappa shape index (κ3) is 4.60. The summed E-state index contributed by atoms with van der Waals surface area (Å²) in [7, 11) is 0. The van der Waals surface area contributed by atoms with E-state index in [2.05, 4.69) is 17.4 Å². The Morgan fingerprint density at radius 1 is 1.80 bits per heavy atom. The Balaban J connectivity index is 2.19. The summed E-state index contributed by atoms with van der Waals surface area (Å²) >= 11 is 8.72. The summed E-state index contributed by atoms with van der Waals surface area (Å²) in [5.41, 5.74) is 0. The van der Waals surface area contributed by atoms with Crippen LogP contribution in [0.4, 0.5) is 0 Å². The molecular weight excluding hydrogens is 108 g/mol. The van der Waals surface area contributed by atoms with Gasteiger partial charge in [-0.05, 0) is 0 Å². The second-order valence-electron chi connectivity index (χ2n) is 0.442. The molecule has 0 rings (SSSR count). The number of thiol groups is 1. The van der Waals surface area contributed by atoms with Gasteiger partial charge in [0, 0.05) is 0 Å². The summed E-state index contributed by atoms with van der Waals surface area (Å²) in [6.45, 7) is 0. The fourth-order valence-electron chi connectivity index (χ4n) is 0.0345. The third-order valence-electron chi connectivity index (χ3n) is 0.168. The second kappa shape index (κ2) is 4.60. The van der Waals surface area contributed by atoms with Crippen LogP contribution in [0.3, 0.4) is 0 Å². The van der Waals surface area contributed by atoms with Crippen LogP contribution in [0, 0.1) is 0 Å². The lowest BCUT2D eigenvalue weighted by atomic mass is 11.5. The summed E-state index contributed by atoms with van der Waals surface area (Å²) in [5.74, 6) is 0.406. The molecule has 0 aliphatic heterocycles. The van der Waals surface area contributed by atoms with E-state index in [1.165, 1.54) is 0 Å². The van der Waals surface area contributed by atoms with Gasteiger partial charge < -0.3 is 4.74 Å². The first-order valence-corrected chi connectivity index (χ1v) is 2.33. The first kappa shape index (κ1) is 5.60. The zero-order valence-corrected chi connectivity index (χ0v) is 4.30. The lowest BCUT2D eigenvalue weighted by Gasteiger charge is -1.83. The molecule has 1 nitrogen and oxygen atoms in total. The smallest absolute Gasteiger partial charge is 0.121 e. The van der Waals surface area contributed by atoms with Crippen LogP contribution in [-0.4, -0.2) is 12.0 Å². The standard InChI is InChI=1S/C2H5ClOS/c3-1-4-2-5/h5H,1-2H2. The van der Waals surface area contributed by atoms with Gasteiger partial charge in [0.1, 0.15) is 6.07 Å². The van der Waals surface area contributed by atoms with Gasteiger partial charge in [-0.25, -0.2) is 0 Å². The fraction of sp³-hybridized carbons (Fsp3) is 1.00. The Labute approximate surface area is 41.7 Å². The van der Waals surface area contributed by atoms with Gasteiger partial charge in [0.2, 0.25) is 0 Å². The maximum absolute atomic E-state index is 5.03. The van der Waals surface area contributed by atoms with Crippen LogP contribution in [0.1, 0.15) is 0 Å². The lowest BCUT2D eigenvalue weighted by Crippen LogP contribution is -1.78. The Hall–Kier alpha value is 0.600. The van der Waals surface area contributed by atoms with Crippen molar-refractivity contribution in [2.75, 3.05) is 12.0 Å². The highest BCUT2D eigenvalue weighted by Crippen LogP contribution is 1.78. The summed E-state index contributed by atoms with van der Waals surface area (Å²) in [6, 6.07) is 0.240. The van der Waals surface area contributed by atoms with Crippen LogP contribution in [-0.2, 0) is 4.74 Å².